The Hall–Kier alpha value is 0.240. The van der Waals surface area contributed by atoms with Crippen LogP contribution < -0.4 is 0 Å². The number of rotatable bonds is 1. The van der Waals surface area contributed by atoms with Gasteiger partial charge in [-0.2, -0.15) is 11.8 Å². The first kappa shape index (κ1) is 6.36. The summed E-state index contributed by atoms with van der Waals surface area (Å²) in [5.74, 6) is 2.49. The smallest absolute Gasteiger partial charge is 0.0641 e. The summed E-state index contributed by atoms with van der Waals surface area (Å²) in [4.78, 5) is 2.19. The molecule has 0 aromatic heterocycles. The summed E-state index contributed by atoms with van der Waals surface area (Å²) in [7, 11) is 0. The molecule has 1 heterocycles. The topological polar surface area (TPSA) is 3.24 Å². The van der Waals surface area contributed by atoms with E-state index in [4.69, 9.17) is 12.2 Å². The van der Waals surface area contributed by atoms with Gasteiger partial charge >= 0.3 is 0 Å². The number of hydrogen-bond acceptors (Lipinski definition) is 2. The summed E-state index contributed by atoms with van der Waals surface area (Å²) in [6, 6.07) is 0. The van der Waals surface area contributed by atoms with E-state index in [9.17, 15) is 0 Å². The molecular formula is C5H9NS2. The van der Waals surface area contributed by atoms with Crippen LogP contribution in [0.15, 0.2) is 0 Å². The van der Waals surface area contributed by atoms with Crippen molar-refractivity contribution in [3.8, 4) is 0 Å². The molecule has 0 bridgehead atoms. The lowest BCUT2D eigenvalue weighted by Crippen LogP contribution is -2.30. The summed E-state index contributed by atoms with van der Waals surface area (Å²) in [5, 5.41) is 0. The van der Waals surface area contributed by atoms with Crippen molar-refractivity contribution in [1.29, 1.82) is 0 Å². The Kier molecular flexibility index (Phi) is 2.63. The number of nitrogens with zero attached hydrogens (tertiary/aromatic N) is 1. The van der Waals surface area contributed by atoms with E-state index >= 15 is 0 Å². The second-order valence-electron chi connectivity index (χ2n) is 1.75. The van der Waals surface area contributed by atoms with E-state index in [1.54, 1.807) is 5.49 Å². The van der Waals surface area contributed by atoms with Gasteiger partial charge in [0.05, 0.1) is 5.49 Å². The highest BCUT2D eigenvalue weighted by Crippen LogP contribution is 2.06. The first-order valence-electron chi connectivity index (χ1n) is 2.70. The molecule has 0 spiro atoms. The second kappa shape index (κ2) is 3.30. The Balaban J connectivity index is 2.22. The van der Waals surface area contributed by atoms with E-state index in [1.165, 1.54) is 11.5 Å². The van der Waals surface area contributed by atoms with E-state index in [-0.39, 0.29) is 0 Å². The van der Waals surface area contributed by atoms with Gasteiger partial charge in [-0.3, -0.25) is 0 Å². The normalized spacial score (nSPS) is 20.8. The molecule has 1 saturated heterocycles. The van der Waals surface area contributed by atoms with Gasteiger partial charge in [-0.25, -0.2) is 0 Å². The van der Waals surface area contributed by atoms with Crippen molar-refractivity contribution in [3.63, 3.8) is 0 Å². The highest BCUT2D eigenvalue weighted by molar-refractivity contribution is 7.99. The first-order chi connectivity index (χ1) is 3.93. The summed E-state index contributed by atoms with van der Waals surface area (Å²) in [5.41, 5.74) is 1.76. The maximum Gasteiger partial charge on any atom is 0.0641 e. The van der Waals surface area contributed by atoms with Crippen LogP contribution in [0.2, 0.25) is 0 Å². The summed E-state index contributed by atoms with van der Waals surface area (Å²) < 4.78 is 0. The van der Waals surface area contributed by atoms with Crippen molar-refractivity contribution in [2.75, 3.05) is 24.6 Å². The van der Waals surface area contributed by atoms with Crippen LogP contribution in [0.5, 0.6) is 0 Å². The predicted molar refractivity (Wildman–Crippen MR) is 42.6 cm³/mol. The summed E-state index contributed by atoms with van der Waals surface area (Å²) >= 11 is 6.77. The third-order valence-corrected chi connectivity index (χ3v) is 2.44. The van der Waals surface area contributed by atoms with Gasteiger partial charge < -0.3 is 4.90 Å². The van der Waals surface area contributed by atoms with Crippen LogP contribution in [0.1, 0.15) is 0 Å². The lowest BCUT2D eigenvalue weighted by Gasteiger charge is -2.22. The molecule has 0 aromatic rings. The zero-order valence-corrected chi connectivity index (χ0v) is 6.30. The molecule has 0 unspecified atom stereocenters. The molecule has 0 aliphatic carbocycles. The molecular weight excluding hydrogens is 138 g/mol. The quantitative estimate of drug-likeness (QED) is 0.509. The van der Waals surface area contributed by atoms with Gasteiger partial charge in [0.15, 0.2) is 0 Å². The Morgan fingerprint density at radius 1 is 1.38 bits per heavy atom. The minimum atomic E-state index is 1.15. The van der Waals surface area contributed by atoms with Crippen molar-refractivity contribution < 1.29 is 0 Å². The standard InChI is InChI=1S/C5H9NS2/c7-5-6-1-3-8-4-2-6/h5H,1-4H2. The van der Waals surface area contributed by atoms with E-state index in [1.807, 2.05) is 11.8 Å². The van der Waals surface area contributed by atoms with Crippen LogP contribution in [-0.2, 0) is 0 Å². The third-order valence-electron chi connectivity index (χ3n) is 1.19. The lowest BCUT2D eigenvalue weighted by atomic mass is 10.6. The summed E-state index contributed by atoms with van der Waals surface area (Å²) in [6.07, 6.45) is 0. The Labute approximate surface area is 59.4 Å². The van der Waals surface area contributed by atoms with Gasteiger partial charge in [0, 0.05) is 24.6 Å². The molecule has 1 fully saturated rings. The van der Waals surface area contributed by atoms with Crippen molar-refractivity contribution in [2.45, 2.75) is 0 Å². The fourth-order valence-corrected chi connectivity index (χ4v) is 1.83. The third kappa shape index (κ3) is 1.63. The van der Waals surface area contributed by atoms with Crippen molar-refractivity contribution in [3.05, 3.63) is 0 Å². The minimum Gasteiger partial charge on any atom is -0.367 e. The molecule has 46 valence electrons. The SMILES string of the molecule is S=CN1CCSCC1. The lowest BCUT2D eigenvalue weighted by molar-refractivity contribution is 0.484. The molecule has 0 N–H and O–H groups in total. The van der Waals surface area contributed by atoms with Crippen LogP contribution in [0.4, 0.5) is 0 Å². The number of hydrogen-bond donors (Lipinski definition) is 0. The van der Waals surface area contributed by atoms with Crippen LogP contribution in [0, 0.1) is 0 Å². The van der Waals surface area contributed by atoms with Crippen molar-refractivity contribution >= 4 is 29.5 Å². The number of thioether (sulfide) groups is 1. The van der Waals surface area contributed by atoms with Gasteiger partial charge in [0.25, 0.3) is 0 Å². The maximum atomic E-state index is 4.76. The predicted octanol–water partition coefficient (Wildman–Crippen LogP) is 0.992. The van der Waals surface area contributed by atoms with E-state index < -0.39 is 0 Å². The molecule has 1 nitrogen and oxygen atoms in total. The zero-order chi connectivity index (χ0) is 5.82. The molecule has 8 heavy (non-hydrogen) atoms. The Morgan fingerprint density at radius 3 is 2.38 bits per heavy atom. The van der Waals surface area contributed by atoms with Gasteiger partial charge in [-0.05, 0) is 0 Å². The fraction of sp³-hybridized carbons (Fsp3) is 0.800. The molecule has 1 rings (SSSR count). The average molecular weight is 147 g/mol. The molecule has 1 aliphatic rings. The first-order valence-corrected chi connectivity index (χ1v) is 4.33. The van der Waals surface area contributed by atoms with Gasteiger partial charge in [-0.15, -0.1) is 0 Å². The summed E-state index contributed by atoms with van der Waals surface area (Å²) in [6.45, 7) is 2.29. The largest absolute Gasteiger partial charge is 0.367 e. The van der Waals surface area contributed by atoms with E-state index in [2.05, 4.69) is 4.90 Å². The molecule has 0 atom stereocenters. The van der Waals surface area contributed by atoms with Gasteiger partial charge in [0.2, 0.25) is 0 Å². The highest BCUT2D eigenvalue weighted by atomic mass is 32.2. The second-order valence-corrected chi connectivity index (χ2v) is 3.19. The molecule has 0 aromatic carbocycles. The van der Waals surface area contributed by atoms with Crippen LogP contribution in [0.3, 0.4) is 0 Å². The minimum absolute atomic E-state index is 1.15. The van der Waals surface area contributed by atoms with Crippen molar-refractivity contribution in [1.82, 2.24) is 4.90 Å². The van der Waals surface area contributed by atoms with E-state index in [0.29, 0.717) is 0 Å². The molecule has 1 aliphatic heterocycles. The van der Waals surface area contributed by atoms with Crippen LogP contribution in [0.25, 0.3) is 0 Å². The number of thiocarbonyl (C=S) groups is 1. The molecule has 3 heteroatoms. The molecule has 0 amide bonds. The fourth-order valence-electron chi connectivity index (χ4n) is 0.683. The monoisotopic (exact) mass is 147 g/mol. The van der Waals surface area contributed by atoms with Crippen LogP contribution >= 0.6 is 24.0 Å². The molecule has 0 saturated carbocycles. The van der Waals surface area contributed by atoms with Gasteiger partial charge in [0.1, 0.15) is 0 Å². The zero-order valence-electron chi connectivity index (χ0n) is 4.67. The van der Waals surface area contributed by atoms with Gasteiger partial charge in [-0.1, -0.05) is 12.2 Å². The van der Waals surface area contributed by atoms with Crippen LogP contribution in [-0.4, -0.2) is 35.0 Å². The highest BCUT2D eigenvalue weighted by Gasteiger charge is 2.03. The molecule has 0 radical (unpaired) electrons. The average Bonchev–Trinajstić information content (AvgIpc) is 1.90. The van der Waals surface area contributed by atoms with Crippen molar-refractivity contribution in [2.24, 2.45) is 0 Å². The maximum absolute atomic E-state index is 4.76. The van der Waals surface area contributed by atoms with E-state index in [0.717, 1.165) is 13.1 Å². The Morgan fingerprint density at radius 2 is 2.00 bits per heavy atom. The Bertz CT molecular complexity index is 78.5.